The number of hydrogen-bond donors (Lipinski definition) is 2. The van der Waals surface area contributed by atoms with Crippen LogP contribution in [-0.4, -0.2) is 28.9 Å². The van der Waals surface area contributed by atoms with E-state index in [0.717, 1.165) is 6.07 Å². The van der Waals surface area contributed by atoms with E-state index in [0.29, 0.717) is 6.07 Å². The van der Waals surface area contributed by atoms with E-state index >= 15 is 0 Å². The van der Waals surface area contributed by atoms with E-state index in [-0.39, 0.29) is 11.0 Å². The largest absolute Gasteiger partial charge is 0.508 e. The second-order valence-corrected chi connectivity index (χ2v) is 6.03. The molecule has 21 heavy (non-hydrogen) atoms. The summed E-state index contributed by atoms with van der Waals surface area (Å²) in [7, 11) is 1.17. The Kier molecular flexibility index (Phi) is 4.70. The summed E-state index contributed by atoms with van der Waals surface area (Å²) >= 11 is 0. The maximum Gasteiger partial charge on any atom is 0.416 e. The van der Waals surface area contributed by atoms with Crippen molar-refractivity contribution in [2.75, 3.05) is 0 Å². The Balaban J connectivity index is 3.02. The number of phenols is 1. The average molecular weight is 303 g/mol. The molecular weight excluding hydrogens is 284 g/mol. The predicted molar refractivity (Wildman–Crippen MR) is 74.7 cm³/mol. The van der Waals surface area contributed by atoms with Crippen molar-refractivity contribution in [1.82, 2.24) is 0 Å². The van der Waals surface area contributed by atoms with Crippen LogP contribution in [-0.2, 0) is 10.8 Å². The third-order valence-electron chi connectivity index (χ3n) is 3.64. The summed E-state index contributed by atoms with van der Waals surface area (Å²) < 4.78 is 43.3. The maximum absolute atomic E-state index is 12.6. The number of hydrogen-bond acceptors (Lipinski definition) is 3. The van der Waals surface area contributed by atoms with Crippen LogP contribution in [0.15, 0.2) is 12.1 Å². The highest BCUT2D eigenvalue weighted by molar-refractivity contribution is 6.49. The van der Waals surface area contributed by atoms with Gasteiger partial charge in [-0.3, -0.25) is 0 Å². The van der Waals surface area contributed by atoms with Gasteiger partial charge in [0.1, 0.15) is 5.75 Å². The third kappa shape index (κ3) is 4.14. The Bertz CT molecular complexity index is 496. The summed E-state index contributed by atoms with van der Waals surface area (Å²) in [6, 6.07) is 1.59. The smallest absolute Gasteiger partial charge is 0.416 e. The molecule has 0 heterocycles. The van der Waals surface area contributed by atoms with E-state index in [2.05, 4.69) is 0 Å². The van der Waals surface area contributed by atoms with Crippen LogP contribution in [0.25, 0.3) is 0 Å². The van der Waals surface area contributed by atoms with Gasteiger partial charge >= 0.3 is 13.7 Å². The van der Waals surface area contributed by atoms with Gasteiger partial charge in [0.25, 0.3) is 0 Å². The number of phenolic OH excluding ortho intramolecular Hbond substituents is 1. The van der Waals surface area contributed by atoms with Gasteiger partial charge in [-0.15, -0.1) is 0 Å². The van der Waals surface area contributed by atoms with Crippen molar-refractivity contribution in [1.29, 1.82) is 0 Å². The van der Waals surface area contributed by atoms with E-state index in [1.807, 2.05) is 0 Å². The molecule has 7 heteroatoms. The molecule has 0 aliphatic carbocycles. The lowest BCUT2D eigenvalue weighted by molar-refractivity contribution is -0.137. The van der Waals surface area contributed by atoms with Crippen molar-refractivity contribution >= 4 is 12.9 Å². The summed E-state index contributed by atoms with van der Waals surface area (Å²) in [4.78, 5) is 0. The highest BCUT2D eigenvalue weighted by Gasteiger charge is 2.37. The monoisotopic (exact) mass is 303 g/mol. The molecule has 0 aliphatic rings. The average Bonchev–Trinajstić information content (AvgIpc) is 2.24. The van der Waals surface area contributed by atoms with Crippen LogP contribution in [0.1, 0.15) is 38.8 Å². The van der Waals surface area contributed by atoms with E-state index in [1.54, 1.807) is 27.7 Å². The van der Waals surface area contributed by atoms with Gasteiger partial charge in [-0.2, -0.15) is 13.2 Å². The predicted octanol–water partition coefficient (Wildman–Crippen LogP) is 2.53. The molecule has 1 aromatic rings. The second-order valence-electron chi connectivity index (χ2n) is 6.03. The van der Waals surface area contributed by atoms with E-state index in [1.165, 1.54) is 14.4 Å². The number of aromatic hydroxyl groups is 1. The molecule has 0 spiro atoms. The molecule has 0 amide bonds. The van der Waals surface area contributed by atoms with Crippen molar-refractivity contribution in [2.24, 2.45) is 0 Å². The lowest BCUT2D eigenvalue weighted by Gasteiger charge is -2.37. The van der Waals surface area contributed by atoms with E-state index < -0.39 is 28.7 Å². The normalized spacial score (nSPS) is 13.4. The van der Waals surface area contributed by atoms with Gasteiger partial charge in [-0.05, 0) is 52.2 Å². The first kappa shape index (κ1) is 17.8. The summed E-state index contributed by atoms with van der Waals surface area (Å²) in [5.41, 5.74) is -2.68. The molecule has 0 bridgehead atoms. The fourth-order valence-electron chi connectivity index (χ4n) is 1.45. The molecule has 0 atom stereocenters. The number of aliphatic hydroxyl groups is 1. The van der Waals surface area contributed by atoms with Crippen LogP contribution in [0.4, 0.5) is 13.2 Å². The van der Waals surface area contributed by atoms with Gasteiger partial charge in [-0.25, -0.2) is 0 Å². The zero-order valence-electron chi connectivity index (χ0n) is 12.7. The van der Waals surface area contributed by atoms with Gasteiger partial charge in [0.05, 0.1) is 16.8 Å². The first-order chi connectivity index (χ1) is 9.25. The number of benzene rings is 1. The molecule has 0 unspecified atom stereocenters. The fourth-order valence-corrected chi connectivity index (χ4v) is 1.45. The highest BCUT2D eigenvalue weighted by atomic mass is 19.4. The lowest BCUT2D eigenvalue weighted by atomic mass is 9.79. The number of rotatable bonds is 4. The lowest BCUT2D eigenvalue weighted by Crippen LogP contribution is -2.49. The highest BCUT2D eigenvalue weighted by Crippen LogP contribution is 2.31. The third-order valence-corrected chi connectivity index (χ3v) is 3.64. The molecule has 0 aromatic heterocycles. The molecule has 0 saturated heterocycles. The van der Waals surface area contributed by atoms with Crippen molar-refractivity contribution in [3.8, 4) is 5.75 Å². The van der Waals surface area contributed by atoms with Gasteiger partial charge in [-0.1, -0.05) is 5.56 Å². The Morgan fingerprint density at radius 1 is 1.10 bits per heavy atom. The first-order valence-corrected chi connectivity index (χ1v) is 6.40. The number of halogens is 3. The van der Waals surface area contributed by atoms with Crippen LogP contribution in [0.5, 0.6) is 5.75 Å². The van der Waals surface area contributed by atoms with Crippen molar-refractivity contribution in [2.45, 2.75) is 52.0 Å². The quantitative estimate of drug-likeness (QED) is 0.840. The fraction of sp³-hybridized carbons (Fsp3) is 0.571. The second kappa shape index (κ2) is 5.53. The molecule has 117 valence electrons. The maximum atomic E-state index is 12.6. The summed E-state index contributed by atoms with van der Waals surface area (Å²) in [5, 5.41) is 19.7. The minimum absolute atomic E-state index is 0.153. The molecule has 0 saturated carbocycles. The van der Waals surface area contributed by atoms with Gasteiger partial charge < -0.3 is 14.9 Å². The van der Waals surface area contributed by atoms with Gasteiger partial charge in [0, 0.05) is 0 Å². The molecule has 1 rings (SSSR count). The van der Waals surface area contributed by atoms with Gasteiger partial charge in [0.2, 0.25) is 0 Å². The minimum Gasteiger partial charge on any atom is -0.508 e. The topological polar surface area (TPSA) is 49.7 Å². The van der Waals surface area contributed by atoms with Crippen LogP contribution in [0, 0.1) is 6.92 Å². The van der Waals surface area contributed by atoms with Gasteiger partial charge in [0.15, 0.2) is 0 Å². The Labute approximate surface area is 123 Å². The molecule has 1 radical (unpaired) electrons. The zero-order valence-corrected chi connectivity index (χ0v) is 12.7. The standard InChI is InChI=1S/C14H19BF3O3/c1-8-6-9(14(16,17)18)7-10(19)11(8)15-21-13(4,5)12(2,3)20/h6-7,19-20H,1-5H3. The van der Waals surface area contributed by atoms with Crippen LogP contribution < -0.4 is 5.46 Å². The van der Waals surface area contributed by atoms with Crippen LogP contribution in [0.2, 0.25) is 0 Å². The van der Waals surface area contributed by atoms with E-state index in [4.69, 9.17) is 4.65 Å². The molecule has 3 nitrogen and oxygen atoms in total. The molecule has 1 aromatic carbocycles. The van der Waals surface area contributed by atoms with Crippen molar-refractivity contribution in [3.63, 3.8) is 0 Å². The van der Waals surface area contributed by atoms with Crippen molar-refractivity contribution < 1.29 is 28.0 Å². The number of aryl methyl sites for hydroxylation is 1. The molecule has 0 fully saturated rings. The SMILES string of the molecule is Cc1cc(C(F)(F)F)cc(O)c1[B]OC(C)(C)C(C)(C)O. The Morgan fingerprint density at radius 2 is 1.62 bits per heavy atom. The summed E-state index contributed by atoms with van der Waals surface area (Å²) in [6.45, 7) is 7.84. The summed E-state index contributed by atoms with van der Waals surface area (Å²) in [5.74, 6) is -0.520. The summed E-state index contributed by atoms with van der Waals surface area (Å²) in [6.07, 6.45) is -4.52. The molecule has 0 aliphatic heterocycles. The van der Waals surface area contributed by atoms with Crippen LogP contribution >= 0.6 is 0 Å². The Morgan fingerprint density at radius 3 is 2.00 bits per heavy atom. The first-order valence-electron chi connectivity index (χ1n) is 6.40. The molecule has 2 N–H and O–H groups in total. The van der Waals surface area contributed by atoms with Crippen LogP contribution in [0.3, 0.4) is 0 Å². The minimum atomic E-state index is -4.52. The number of alkyl halides is 3. The Hall–Kier alpha value is -1.21. The molecular formula is C14H19BF3O3. The van der Waals surface area contributed by atoms with E-state index in [9.17, 15) is 23.4 Å². The zero-order chi connectivity index (χ0) is 16.6. The van der Waals surface area contributed by atoms with Crippen molar-refractivity contribution in [3.05, 3.63) is 23.3 Å².